The van der Waals surface area contributed by atoms with Crippen LogP contribution in [0.1, 0.15) is 46.4 Å². The minimum Gasteiger partial charge on any atom is -0.478 e. The molecular weight excluding hydrogens is 298 g/mol. The first-order valence-electron chi connectivity index (χ1n) is 5.91. The first kappa shape index (κ1) is 13.1. The van der Waals surface area contributed by atoms with Crippen LogP contribution in [0.15, 0.2) is 22.7 Å². The van der Waals surface area contributed by atoms with Crippen LogP contribution >= 0.6 is 15.9 Å². The molecule has 0 heterocycles. The van der Waals surface area contributed by atoms with Crippen molar-refractivity contribution in [1.82, 2.24) is 5.32 Å². The van der Waals surface area contributed by atoms with Crippen molar-refractivity contribution in [3.8, 4) is 0 Å². The quantitative estimate of drug-likeness (QED) is 0.902. The lowest BCUT2D eigenvalue weighted by atomic mass is 10.1. The largest absolute Gasteiger partial charge is 0.478 e. The van der Waals surface area contributed by atoms with Gasteiger partial charge in [-0.25, -0.2) is 4.79 Å². The van der Waals surface area contributed by atoms with Crippen LogP contribution in [0.2, 0.25) is 0 Å². The van der Waals surface area contributed by atoms with Gasteiger partial charge in [-0.1, -0.05) is 28.8 Å². The Labute approximate surface area is 114 Å². The molecule has 1 amide bonds. The van der Waals surface area contributed by atoms with Crippen molar-refractivity contribution >= 4 is 27.8 Å². The van der Waals surface area contributed by atoms with Gasteiger partial charge >= 0.3 is 5.97 Å². The molecular formula is C13H14BrNO3. The third-order valence-electron chi connectivity index (χ3n) is 3.10. The van der Waals surface area contributed by atoms with Gasteiger partial charge in [0.05, 0.1) is 5.56 Å². The highest BCUT2D eigenvalue weighted by Crippen LogP contribution is 2.20. The number of aromatic carboxylic acids is 1. The number of nitrogens with one attached hydrogen (secondary N) is 1. The van der Waals surface area contributed by atoms with E-state index in [1.54, 1.807) is 6.07 Å². The fourth-order valence-corrected chi connectivity index (χ4v) is 2.68. The standard InChI is InChI=1S/C13H14BrNO3/c14-10-6-8(5-9(7-10)13(17)18)12(16)15-11-3-1-2-4-11/h5-7,11H,1-4H2,(H,15,16)(H,17,18). The van der Waals surface area contributed by atoms with E-state index in [2.05, 4.69) is 21.2 Å². The van der Waals surface area contributed by atoms with Crippen molar-refractivity contribution in [3.63, 3.8) is 0 Å². The molecule has 0 radical (unpaired) electrons. The highest BCUT2D eigenvalue weighted by molar-refractivity contribution is 9.10. The normalized spacial score (nSPS) is 15.6. The van der Waals surface area contributed by atoms with Crippen LogP contribution in [0.3, 0.4) is 0 Å². The Bertz CT molecular complexity index is 481. The van der Waals surface area contributed by atoms with Crippen molar-refractivity contribution in [2.24, 2.45) is 0 Å². The topological polar surface area (TPSA) is 66.4 Å². The third kappa shape index (κ3) is 3.10. The monoisotopic (exact) mass is 311 g/mol. The summed E-state index contributed by atoms with van der Waals surface area (Å²) < 4.78 is 0.596. The SMILES string of the molecule is O=C(O)c1cc(Br)cc(C(=O)NC2CCCC2)c1. The number of carboxylic acid groups (broad SMARTS) is 1. The predicted molar refractivity (Wildman–Crippen MR) is 70.8 cm³/mol. The van der Waals surface area contributed by atoms with E-state index >= 15 is 0 Å². The Hall–Kier alpha value is -1.36. The Balaban J connectivity index is 2.16. The van der Waals surface area contributed by atoms with Crippen LogP contribution in [0, 0.1) is 0 Å². The molecule has 2 rings (SSSR count). The third-order valence-corrected chi connectivity index (χ3v) is 3.56. The van der Waals surface area contributed by atoms with E-state index in [1.165, 1.54) is 12.1 Å². The summed E-state index contributed by atoms with van der Waals surface area (Å²) in [5, 5.41) is 11.9. The van der Waals surface area contributed by atoms with Crippen LogP contribution in [0.4, 0.5) is 0 Å². The van der Waals surface area contributed by atoms with Crippen molar-refractivity contribution in [2.75, 3.05) is 0 Å². The Morgan fingerprint density at radius 3 is 2.39 bits per heavy atom. The first-order valence-corrected chi connectivity index (χ1v) is 6.70. The molecule has 1 aliphatic carbocycles. The number of halogens is 1. The molecule has 0 unspecified atom stereocenters. The molecule has 1 aromatic rings. The number of carboxylic acids is 1. The minimum atomic E-state index is -1.04. The van der Waals surface area contributed by atoms with Crippen LogP contribution < -0.4 is 5.32 Å². The second kappa shape index (κ2) is 5.52. The summed E-state index contributed by atoms with van der Waals surface area (Å²) in [7, 11) is 0. The van der Waals surface area contributed by atoms with Crippen molar-refractivity contribution in [2.45, 2.75) is 31.7 Å². The molecule has 1 aromatic carbocycles. The van der Waals surface area contributed by atoms with Crippen molar-refractivity contribution < 1.29 is 14.7 Å². The lowest BCUT2D eigenvalue weighted by Crippen LogP contribution is -2.32. The molecule has 0 saturated heterocycles. The average Bonchev–Trinajstić information content (AvgIpc) is 2.80. The highest BCUT2D eigenvalue weighted by atomic mass is 79.9. The van der Waals surface area contributed by atoms with Crippen LogP contribution in [0.25, 0.3) is 0 Å². The van der Waals surface area contributed by atoms with Crippen LogP contribution in [0.5, 0.6) is 0 Å². The molecule has 96 valence electrons. The second-order valence-electron chi connectivity index (χ2n) is 4.49. The molecule has 0 aliphatic heterocycles. The summed E-state index contributed by atoms with van der Waals surface area (Å²) in [6, 6.07) is 4.74. The summed E-state index contributed by atoms with van der Waals surface area (Å²) >= 11 is 3.22. The van der Waals surface area contributed by atoms with Gasteiger partial charge in [-0.15, -0.1) is 0 Å². The zero-order valence-corrected chi connectivity index (χ0v) is 11.4. The maximum absolute atomic E-state index is 12.0. The average molecular weight is 312 g/mol. The van der Waals surface area contributed by atoms with E-state index in [-0.39, 0.29) is 17.5 Å². The number of rotatable bonds is 3. The number of carbonyl (C=O) groups is 2. The number of amides is 1. The molecule has 1 aliphatic rings. The predicted octanol–water partition coefficient (Wildman–Crippen LogP) is 2.82. The van der Waals surface area contributed by atoms with E-state index in [1.807, 2.05) is 0 Å². The van der Waals surface area contributed by atoms with E-state index < -0.39 is 5.97 Å². The number of hydrogen-bond acceptors (Lipinski definition) is 2. The van der Waals surface area contributed by atoms with Crippen LogP contribution in [-0.4, -0.2) is 23.0 Å². The Morgan fingerprint density at radius 2 is 1.78 bits per heavy atom. The maximum Gasteiger partial charge on any atom is 0.335 e. The zero-order valence-electron chi connectivity index (χ0n) is 9.78. The van der Waals surface area contributed by atoms with Crippen molar-refractivity contribution in [1.29, 1.82) is 0 Å². The molecule has 0 spiro atoms. The molecule has 2 N–H and O–H groups in total. The fraction of sp³-hybridized carbons (Fsp3) is 0.385. The van der Waals surface area contributed by atoms with Crippen LogP contribution in [-0.2, 0) is 0 Å². The van der Waals surface area contributed by atoms with Gasteiger partial charge in [-0.2, -0.15) is 0 Å². The maximum atomic E-state index is 12.0. The number of benzene rings is 1. The van der Waals surface area contributed by atoms with Gasteiger partial charge in [0, 0.05) is 16.1 Å². The number of hydrogen-bond donors (Lipinski definition) is 2. The summed E-state index contributed by atoms with van der Waals surface area (Å²) in [4.78, 5) is 22.9. The molecule has 0 bridgehead atoms. The summed E-state index contributed by atoms with van der Waals surface area (Å²) in [5.74, 6) is -1.24. The summed E-state index contributed by atoms with van der Waals surface area (Å²) in [5.41, 5.74) is 0.495. The van der Waals surface area contributed by atoms with Crippen molar-refractivity contribution in [3.05, 3.63) is 33.8 Å². The fourth-order valence-electron chi connectivity index (χ4n) is 2.18. The van der Waals surface area contributed by atoms with E-state index in [9.17, 15) is 9.59 Å². The Kier molecular flexibility index (Phi) is 4.01. The second-order valence-corrected chi connectivity index (χ2v) is 5.40. The van der Waals surface area contributed by atoms with E-state index in [4.69, 9.17) is 5.11 Å². The van der Waals surface area contributed by atoms with Gasteiger partial charge in [0.25, 0.3) is 5.91 Å². The molecule has 0 aromatic heterocycles. The molecule has 18 heavy (non-hydrogen) atoms. The first-order chi connectivity index (χ1) is 8.56. The van der Waals surface area contributed by atoms with Gasteiger partial charge < -0.3 is 10.4 Å². The molecule has 1 saturated carbocycles. The number of carbonyl (C=O) groups excluding carboxylic acids is 1. The summed E-state index contributed by atoms with van der Waals surface area (Å²) in [6.45, 7) is 0. The Morgan fingerprint density at radius 1 is 1.17 bits per heavy atom. The molecule has 5 heteroatoms. The van der Waals surface area contributed by atoms with Gasteiger partial charge in [-0.3, -0.25) is 4.79 Å². The lowest BCUT2D eigenvalue weighted by Gasteiger charge is -2.12. The van der Waals surface area contributed by atoms with Gasteiger partial charge in [0.2, 0.25) is 0 Å². The molecule has 1 fully saturated rings. The lowest BCUT2D eigenvalue weighted by molar-refractivity contribution is 0.0697. The van der Waals surface area contributed by atoms with Gasteiger partial charge in [0.15, 0.2) is 0 Å². The van der Waals surface area contributed by atoms with Gasteiger partial charge in [-0.05, 0) is 31.0 Å². The molecule has 4 nitrogen and oxygen atoms in total. The smallest absolute Gasteiger partial charge is 0.335 e. The van der Waals surface area contributed by atoms with Gasteiger partial charge in [0.1, 0.15) is 0 Å². The zero-order chi connectivity index (χ0) is 13.1. The minimum absolute atomic E-state index is 0.112. The summed E-state index contributed by atoms with van der Waals surface area (Å²) in [6.07, 6.45) is 4.30. The van der Waals surface area contributed by atoms with E-state index in [0.717, 1.165) is 25.7 Å². The highest BCUT2D eigenvalue weighted by Gasteiger charge is 2.19. The molecule has 0 atom stereocenters. The van der Waals surface area contributed by atoms with E-state index in [0.29, 0.717) is 10.0 Å².